The maximum atomic E-state index is 11.7. The molecule has 0 bridgehead atoms. The molecule has 0 rings (SSSR count). The molecule has 0 fully saturated rings. The average Bonchev–Trinajstić information content (AvgIpc) is 2.18. The molecular formula is C10H22O4Si. The van der Waals surface area contributed by atoms with Gasteiger partial charge in [0.25, 0.3) is 0 Å². The summed E-state index contributed by atoms with van der Waals surface area (Å²) in [5.74, 6) is -0.233. The minimum atomic E-state index is -2.01. The maximum absolute atomic E-state index is 11.7. The van der Waals surface area contributed by atoms with Crippen LogP contribution in [0.4, 0.5) is 0 Å². The molecule has 0 aromatic carbocycles. The lowest BCUT2D eigenvalue weighted by Crippen LogP contribution is -2.41. The summed E-state index contributed by atoms with van der Waals surface area (Å²) < 4.78 is 16.1. The van der Waals surface area contributed by atoms with Crippen LogP contribution >= 0.6 is 0 Å². The minimum Gasteiger partial charge on any atom is -0.466 e. The fraction of sp³-hybridized carbons (Fsp3) is 0.900. The Labute approximate surface area is 93.8 Å². The Balaban J connectivity index is 4.52. The lowest BCUT2D eigenvalue weighted by molar-refractivity contribution is -0.146. The SMILES string of the molecule is CCOC(=O)C(C)(C)[SiH](OCC)OCC. The Morgan fingerprint density at radius 2 is 1.53 bits per heavy atom. The third kappa shape index (κ3) is 4.32. The van der Waals surface area contributed by atoms with Gasteiger partial charge in [-0.15, -0.1) is 0 Å². The molecule has 0 spiro atoms. The first-order valence-corrected chi connectivity index (χ1v) is 6.93. The van der Waals surface area contributed by atoms with Crippen molar-refractivity contribution in [1.82, 2.24) is 0 Å². The zero-order valence-corrected chi connectivity index (χ0v) is 11.5. The van der Waals surface area contributed by atoms with E-state index in [4.69, 9.17) is 13.6 Å². The highest BCUT2D eigenvalue weighted by molar-refractivity contribution is 6.54. The summed E-state index contributed by atoms with van der Waals surface area (Å²) in [6.07, 6.45) is 0. The summed E-state index contributed by atoms with van der Waals surface area (Å²) in [6, 6.07) is 0. The second kappa shape index (κ2) is 6.98. The Bertz CT molecular complexity index is 188. The van der Waals surface area contributed by atoms with Gasteiger partial charge < -0.3 is 13.6 Å². The number of ether oxygens (including phenoxy) is 1. The van der Waals surface area contributed by atoms with Gasteiger partial charge in [0.05, 0.1) is 6.61 Å². The molecule has 4 nitrogen and oxygen atoms in total. The van der Waals surface area contributed by atoms with E-state index >= 15 is 0 Å². The number of carbonyl (C=O) groups excluding carboxylic acids is 1. The molecule has 0 aliphatic rings. The maximum Gasteiger partial charge on any atom is 0.338 e. The van der Waals surface area contributed by atoms with E-state index in [1.54, 1.807) is 6.92 Å². The summed E-state index contributed by atoms with van der Waals surface area (Å²) in [7, 11) is -2.01. The summed E-state index contributed by atoms with van der Waals surface area (Å²) in [5.41, 5.74) is 0. The topological polar surface area (TPSA) is 44.8 Å². The van der Waals surface area contributed by atoms with E-state index in [2.05, 4.69) is 0 Å². The van der Waals surface area contributed by atoms with Gasteiger partial charge in [-0.1, -0.05) is 0 Å². The zero-order valence-electron chi connectivity index (χ0n) is 10.3. The number of rotatable bonds is 7. The first-order valence-electron chi connectivity index (χ1n) is 5.41. The van der Waals surface area contributed by atoms with Crippen molar-refractivity contribution in [2.45, 2.75) is 39.7 Å². The van der Waals surface area contributed by atoms with E-state index in [1.165, 1.54) is 0 Å². The molecule has 0 aromatic rings. The van der Waals surface area contributed by atoms with E-state index in [9.17, 15) is 4.79 Å². The zero-order chi connectivity index (χ0) is 11.9. The number of carbonyl (C=O) groups is 1. The molecule has 0 N–H and O–H groups in total. The van der Waals surface area contributed by atoms with Crippen LogP contribution in [0.3, 0.4) is 0 Å². The monoisotopic (exact) mass is 234 g/mol. The largest absolute Gasteiger partial charge is 0.466 e. The van der Waals surface area contributed by atoms with Gasteiger partial charge >= 0.3 is 15.3 Å². The highest BCUT2D eigenvalue weighted by Gasteiger charge is 2.42. The number of hydrogen-bond donors (Lipinski definition) is 0. The van der Waals surface area contributed by atoms with Gasteiger partial charge in [-0.05, 0) is 34.6 Å². The highest BCUT2D eigenvalue weighted by Crippen LogP contribution is 2.31. The van der Waals surface area contributed by atoms with Crippen LogP contribution in [0, 0.1) is 0 Å². The minimum absolute atomic E-state index is 0.233. The molecule has 0 unspecified atom stereocenters. The predicted molar refractivity (Wildman–Crippen MR) is 61.1 cm³/mol. The Hall–Kier alpha value is -0.393. The lowest BCUT2D eigenvalue weighted by atomic mass is 10.2. The molecule has 15 heavy (non-hydrogen) atoms. The van der Waals surface area contributed by atoms with Crippen molar-refractivity contribution >= 4 is 15.3 Å². The van der Waals surface area contributed by atoms with Crippen molar-refractivity contribution in [1.29, 1.82) is 0 Å². The van der Waals surface area contributed by atoms with Crippen molar-refractivity contribution < 1.29 is 18.4 Å². The predicted octanol–water partition coefficient (Wildman–Crippen LogP) is 1.62. The van der Waals surface area contributed by atoms with Gasteiger partial charge in [-0.25, -0.2) is 0 Å². The summed E-state index contributed by atoms with van der Waals surface area (Å²) in [5, 5.41) is -0.637. The standard InChI is InChI=1S/C10H22O4Si/c1-6-12-9(11)10(4,5)15(13-7-2)14-8-3/h15H,6-8H2,1-5H3. The molecule has 0 aromatic heterocycles. The summed E-state index contributed by atoms with van der Waals surface area (Å²) in [4.78, 5) is 11.7. The van der Waals surface area contributed by atoms with Crippen LogP contribution in [0.5, 0.6) is 0 Å². The first-order chi connectivity index (χ1) is 7.00. The van der Waals surface area contributed by atoms with E-state index in [0.29, 0.717) is 19.8 Å². The Morgan fingerprint density at radius 3 is 1.87 bits per heavy atom. The molecule has 0 radical (unpaired) electrons. The lowest BCUT2D eigenvalue weighted by Gasteiger charge is -2.29. The van der Waals surface area contributed by atoms with Crippen molar-refractivity contribution in [3.05, 3.63) is 0 Å². The Morgan fingerprint density at radius 1 is 1.07 bits per heavy atom. The normalized spacial score (nSPS) is 11.9. The molecule has 0 atom stereocenters. The van der Waals surface area contributed by atoms with Crippen molar-refractivity contribution in [2.24, 2.45) is 0 Å². The van der Waals surface area contributed by atoms with Crippen LogP contribution in [0.1, 0.15) is 34.6 Å². The smallest absolute Gasteiger partial charge is 0.338 e. The first kappa shape index (κ1) is 14.6. The van der Waals surface area contributed by atoms with Gasteiger partial charge in [0, 0.05) is 13.2 Å². The number of hydrogen-bond acceptors (Lipinski definition) is 4. The van der Waals surface area contributed by atoms with Crippen LogP contribution in [0.25, 0.3) is 0 Å². The molecule has 0 heterocycles. The van der Waals surface area contributed by atoms with Gasteiger partial charge in [0.2, 0.25) is 0 Å². The van der Waals surface area contributed by atoms with Crippen molar-refractivity contribution in [3.63, 3.8) is 0 Å². The second-order valence-electron chi connectivity index (χ2n) is 3.68. The van der Waals surface area contributed by atoms with E-state index in [1.807, 2.05) is 27.7 Å². The number of esters is 1. The van der Waals surface area contributed by atoms with Gasteiger partial charge in [0.1, 0.15) is 5.04 Å². The summed E-state index contributed by atoms with van der Waals surface area (Å²) in [6.45, 7) is 10.8. The van der Waals surface area contributed by atoms with Crippen molar-refractivity contribution in [2.75, 3.05) is 19.8 Å². The third-order valence-corrected chi connectivity index (χ3v) is 4.71. The molecule has 0 saturated carbocycles. The highest BCUT2D eigenvalue weighted by atomic mass is 28.3. The average molecular weight is 234 g/mol. The molecule has 5 heteroatoms. The third-order valence-electron chi connectivity index (χ3n) is 2.03. The fourth-order valence-corrected chi connectivity index (χ4v) is 2.99. The van der Waals surface area contributed by atoms with Crippen LogP contribution in [0.15, 0.2) is 0 Å². The molecule has 0 saturated heterocycles. The summed E-state index contributed by atoms with van der Waals surface area (Å²) >= 11 is 0. The Kier molecular flexibility index (Phi) is 6.79. The molecule has 0 aliphatic heterocycles. The quantitative estimate of drug-likeness (QED) is 0.496. The molecule has 0 aliphatic carbocycles. The molecule has 0 amide bonds. The van der Waals surface area contributed by atoms with Crippen LogP contribution in [-0.4, -0.2) is 35.1 Å². The van der Waals surface area contributed by atoms with Gasteiger partial charge in [-0.3, -0.25) is 4.79 Å². The van der Waals surface area contributed by atoms with Crippen molar-refractivity contribution in [3.8, 4) is 0 Å². The van der Waals surface area contributed by atoms with Gasteiger partial charge in [-0.2, -0.15) is 0 Å². The van der Waals surface area contributed by atoms with Crippen LogP contribution in [-0.2, 0) is 18.4 Å². The fourth-order valence-electron chi connectivity index (χ4n) is 1.18. The van der Waals surface area contributed by atoms with E-state index < -0.39 is 14.3 Å². The molecular weight excluding hydrogens is 212 g/mol. The van der Waals surface area contributed by atoms with Gasteiger partial charge in [0.15, 0.2) is 0 Å². The molecule has 90 valence electrons. The van der Waals surface area contributed by atoms with Crippen LogP contribution in [0.2, 0.25) is 5.04 Å². The van der Waals surface area contributed by atoms with Crippen LogP contribution < -0.4 is 0 Å². The van der Waals surface area contributed by atoms with E-state index in [-0.39, 0.29) is 5.97 Å². The van der Waals surface area contributed by atoms with E-state index in [0.717, 1.165) is 0 Å². The second-order valence-corrected chi connectivity index (χ2v) is 6.46.